The van der Waals surface area contributed by atoms with Gasteiger partial charge in [0.2, 0.25) is 5.91 Å². The number of carbonyl (C=O) groups excluding carboxylic acids is 1. The van der Waals surface area contributed by atoms with Gasteiger partial charge in [-0.1, -0.05) is 19.9 Å². The number of aromatic nitrogens is 1. The van der Waals surface area contributed by atoms with Crippen LogP contribution < -0.4 is 10.9 Å². The summed E-state index contributed by atoms with van der Waals surface area (Å²) >= 11 is 0. The Kier molecular flexibility index (Phi) is 5.50. The van der Waals surface area contributed by atoms with Crippen LogP contribution in [-0.4, -0.2) is 10.9 Å². The van der Waals surface area contributed by atoms with Gasteiger partial charge < -0.3 is 0 Å². The summed E-state index contributed by atoms with van der Waals surface area (Å²) in [6, 6.07) is 5.70. The molecule has 0 saturated carbocycles. The first kappa shape index (κ1) is 12.6. The summed E-state index contributed by atoms with van der Waals surface area (Å²) in [6.45, 7) is 4.76. The minimum atomic E-state index is 0.0321. The van der Waals surface area contributed by atoms with Gasteiger partial charge in [0.05, 0.1) is 12.2 Å². The molecule has 0 fully saturated rings. The van der Waals surface area contributed by atoms with E-state index in [0.29, 0.717) is 18.9 Å². The Morgan fingerprint density at radius 1 is 1.44 bits per heavy atom. The Morgan fingerprint density at radius 3 is 2.88 bits per heavy atom. The van der Waals surface area contributed by atoms with Crippen LogP contribution in [0.25, 0.3) is 0 Å². The molecule has 88 valence electrons. The number of hydrogen-bond donors (Lipinski definition) is 2. The molecule has 1 amide bonds. The Morgan fingerprint density at radius 2 is 2.25 bits per heavy atom. The molecule has 0 aliphatic heterocycles. The zero-order valence-electron chi connectivity index (χ0n) is 9.86. The Hall–Kier alpha value is -1.42. The van der Waals surface area contributed by atoms with Crippen molar-refractivity contribution in [3.63, 3.8) is 0 Å². The van der Waals surface area contributed by atoms with Gasteiger partial charge in [0.25, 0.3) is 0 Å². The maximum Gasteiger partial charge on any atom is 0.234 e. The van der Waals surface area contributed by atoms with Crippen molar-refractivity contribution in [2.75, 3.05) is 0 Å². The standard InChI is InChI=1S/C12H19N3O/c1-10(2)6-7-12(16)15-14-9-11-5-3-4-8-13-11/h3-5,8,10,14H,6-7,9H2,1-2H3,(H,15,16). The Labute approximate surface area is 96.4 Å². The number of nitrogens with one attached hydrogen (secondary N) is 2. The molecule has 0 aromatic carbocycles. The smallest absolute Gasteiger partial charge is 0.234 e. The minimum absolute atomic E-state index is 0.0321. The highest BCUT2D eigenvalue weighted by Crippen LogP contribution is 2.02. The Balaban J connectivity index is 2.13. The van der Waals surface area contributed by atoms with Gasteiger partial charge in [-0.05, 0) is 24.5 Å². The monoisotopic (exact) mass is 221 g/mol. The van der Waals surface area contributed by atoms with Gasteiger partial charge in [0.15, 0.2) is 0 Å². The molecule has 0 atom stereocenters. The molecule has 4 nitrogen and oxygen atoms in total. The molecule has 2 N–H and O–H groups in total. The molecule has 4 heteroatoms. The van der Waals surface area contributed by atoms with E-state index in [2.05, 4.69) is 29.7 Å². The van der Waals surface area contributed by atoms with Crippen molar-refractivity contribution >= 4 is 5.91 Å². The summed E-state index contributed by atoms with van der Waals surface area (Å²) in [5.74, 6) is 0.589. The van der Waals surface area contributed by atoms with E-state index in [1.807, 2.05) is 18.2 Å². The fourth-order valence-corrected chi connectivity index (χ4v) is 1.22. The van der Waals surface area contributed by atoms with Crippen LogP contribution in [0.4, 0.5) is 0 Å². The topological polar surface area (TPSA) is 54.0 Å². The van der Waals surface area contributed by atoms with Gasteiger partial charge in [-0.15, -0.1) is 0 Å². The fraction of sp³-hybridized carbons (Fsp3) is 0.500. The predicted octanol–water partition coefficient (Wildman–Crippen LogP) is 1.64. The maximum atomic E-state index is 11.3. The largest absolute Gasteiger partial charge is 0.291 e. The number of nitrogens with zero attached hydrogens (tertiary/aromatic N) is 1. The average molecular weight is 221 g/mol. The predicted molar refractivity (Wildman–Crippen MR) is 63.3 cm³/mol. The van der Waals surface area contributed by atoms with Gasteiger partial charge in [0, 0.05) is 12.6 Å². The molecule has 0 bridgehead atoms. The van der Waals surface area contributed by atoms with E-state index in [9.17, 15) is 4.79 Å². The number of hydrazine groups is 1. The first-order valence-corrected chi connectivity index (χ1v) is 5.60. The SMILES string of the molecule is CC(C)CCC(=O)NNCc1ccccn1. The van der Waals surface area contributed by atoms with E-state index in [-0.39, 0.29) is 5.91 Å². The van der Waals surface area contributed by atoms with Gasteiger partial charge in [-0.2, -0.15) is 0 Å². The number of hydrogen-bond acceptors (Lipinski definition) is 3. The molecule has 1 aromatic heterocycles. The van der Waals surface area contributed by atoms with Gasteiger partial charge in [0.1, 0.15) is 0 Å². The van der Waals surface area contributed by atoms with Crippen LogP contribution >= 0.6 is 0 Å². The fourth-order valence-electron chi connectivity index (χ4n) is 1.22. The van der Waals surface area contributed by atoms with Crippen LogP contribution in [-0.2, 0) is 11.3 Å². The van der Waals surface area contributed by atoms with Crippen molar-refractivity contribution in [1.29, 1.82) is 0 Å². The minimum Gasteiger partial charge on any atom is -0.291 e. The third kappa shape index (κ3) is 5.46. The molecule has 1 heterocycles. The molecular formula is C12H19N3O. The molecule has 1 aromatic rings. The van der Waals surface area contributed by atoms with E-state index in [4.69, 9.17) is 0 Å². The van der Waals surface area contributed by atoms with Gasteiger partial charge in [-0.25, -0.2) is 5.43 Å². The summed E-state index contributed by atoms with van der Waals surface area (Å²) in [5.41, 5.74) is 6.43. The molecule has 16 heavy (non-hydrogen) atoms. The first-order valence-electron chi connectivity index (χ1n) is 5.60. The van der Waals surface area contributed by atoms with Crippen LogP contribution in [0.1, 0.15) is 32.4 Å². The molecule has 0 aliphatic carbocycles. The lowest BCUT2D eigenvalue weighted by Crippen LogP contribution is -2.36. The number of rotatable bonds is 6. The number of pyridine rings is 1. The van der Waals surface area contributed by atoms with E-state index < -0.39 is 0 Å². The second-order valence-electron chi connectivity index (χ2n) is 4.16. The van der Waals surface area contributed by atoms with Crippen LogP contribution in [0.15, 0.2) is 24.4 Å². The van der Waals surface area contributed by atoms with Crippen molar-refractivity contribution in [2.45, 2.75) is 33.2 Å². The maximum absolute atomic E-state index is 11.3. The number of amides is 1. The lowest BCUT2D eigenvalue weighted by Gasteiger charge is -2.07. The van der Waals surface area contributed by atoms with E-state index in [0.717, 1.165) is 12.1 Å². The highest BCUT2D eigenvalue weighted by molar-refractivity contribution is 5.75. The van der Waals surface area contributed by atoms with E-state index >= 15 is 0 Å². The summed E-state index contributed by atoms with van der Waals surface area (Å²) < 4.78 is 0. The molecule has 0 saturated heterocycles. The highest BCUT2D eigenvalue weighted by atomic mass is 16.2. The molecule has 0 spiro atoms. The molecule has 0 radical (unpaired) electrons. The second kappa shape index (κ2) is 6.95. The van der Waals surface area contributed by atoms with Crippen molar-refractivity contribution in [3.8, 4) is 0 Å². The van der Waals surface area contributed by atoms with Gasteiger partial charge >= 0.3 is 0 Å². The first-order chi connectivity index (χ1) is 7.68. The zero-order valence-corrected chi connectivity index (χ0v) is 9.86. The second-order valence-corrected chi connectivity index (χ2v) is 4.16. The summed E-state index contributed by atoms with van der Waals surface area (Å²) in [7, 11) is 0. The molecule has 0 aliphatic rings. The van der Waals surface area contributed by atoms with Crippen LogP contribution in [0.2, 0.25) is 0 Å². The van der Waals surface area contributed by atoms with Crippen LogP contribution in [0, 0.1) is 5.92 Å². The van der Waals surface area contributed by atoms with E-state index in [1.54, 1.807) is 6.20 Å². The lowest BCUT2D eigenvalue weighted by molar-refractivity contribution is -0.122. The van der Waals surface area contributed by atoms with Crippen LogP contribution in [0.5, 0.6) is 0 Å². The summed E-state index contributed by atoms with van der Waals surface area (Å²) in [5, 5.41) is 0. The average Bonchev–Trinajstić information content (AvgIpc) is 2.28. The normalized spacial score (nSPS) is 10.4. The summed E-state index contributed by atoms with van der Waals surface area (Å²) in [6.07, 6.45) is 3.21. The lowest BCUT2D eigenvalue weighted by atomic mass is 10.1. The van der Waals surface area contributed by atoms with Crippen molar-refractivity contribution < 1.29 is 4.79 Å². The van der Waals surface area contributed by atoms with Crippen molar-refractivity contribution in [2.24, 2.45) is 5.92 Å². The van der Waals surface area contributed by atoms with Crippen molar-refractivity contribution in [1.82, 2.24) is 15.8 Å². The molecule has 1 rings (SSSR count). The van der Waals surface area contributed by atoms with Crippen molar-refractivity contribution in [3.05, 3.63) is 30.1 Å². The third-order valence-corrected chi connectivity index (χ3v) is 2.17. The summed E-state index contributed by atoms with van der Waals surface area (Å²) in [4.78, 5) is 15.5. The molecular weight excluding hydrogens is 202 g/mol. The number of carbonyl (C=O) groups is 1. The quantitative estimate of drug-likeness (QED) is 0.718. The zero-order chi connectivity index (χ0) is 11.8. The Bertz CT molecular complexity index is 311. The van der Waals surface area contributed by atoms with Crippen LogP contribution in [0.3, 0.4) is 0 Å². The van der Waals surface area contributed by atoms with E-state index in [1.165, 1.54) is 0 Å². The third-order valence-electron chi connectivity index (χ3n) is 2.17. The molecule has 0 unspecified atom stereocenters. The van der Waals surface area contributed by atoms with Gasteiger partial charge in [-0.3, -0.25) is 15.2 Å². The highest BCUT2D eigenvalue weighted by Gasteiger charge is 2.02.